The Morgan fingerprint density at radius 1 is 1.10 bits per heavy atom. The van der Waals surface area contributed by atoms with Gasteiger partial charge in [0.25, 0.3) is 0 Å². The molecule has 2 rings (SSSR count). The summed E-state index contributed by atoms with van der Waals surface area (Å²) in [5.41, 5.74) is 2.81. The largest absolute Gasteiger partial charge is 0.444 e. The van der Waals surface area contributed by atoms with Crippen LogP contribution in [0.2, 0.25) is 0 Å². The molecule has 0 aliphatic carbocycles. The van der Waals surface area contributed by atoms with Crippen molar-refractivity contribution in [2.45, 2.75) is 46.0 Å². The first kappa shape index (κ1) is 23.3. The second-order valence-electron chi connectivity index (χ2n) is 8.43. The molecule has 0 radical (unpaired) electrons. The summed E-state index contributed by atoms with van der Waals surface area (Å²) >= 11 is 0. The zero-order valence-corrected chi connectivity index (χ0v) is 19.1. The molecule has 1 amide bonds. The van der Waals surface area contributed by atoms with E-state index in [0.29, 0.717) is 13.1 Å². The normalized spacial score (nSPS) is 11.9. The number of hydrogen-bond acceptors (Lipinski definition) is 4. The van der Waals surface area contributed by atoms with Crippen LogP contribution in [-0.2, 0) is 31.4 Å². The maximum Gasteiger partial charge on any atom is 0.410 e. The SMILES string of the molecule is CN=C(NCc1ccc(CN(C)C(=O)OC(C)(C)C)cc1)N(C)Cc1cnn(C)c1. The van der Waals surface area contributed by atoms with E-state index < -0.39 is 5.60 Å². The predicted octanol–water partition coefficient (Wildman–Crippen LogP) is 2.99. The van der Waals surface area contributed by atoms with Gasteiger partial charge in [0, 0.05) is 59.6 Å². The third-order valence-corrected chi connectivity index (χ3v) is 4.35. The summed E-state index contributed by atoms with van der Waals surface area (Å²) in [6.45, 7) is 7.47. The van der Waals surface area contributed by atoms with Gasteiger partial charge in [0.05, 0.1) is 6.20 Å². The molecule has 0 atom stereocenters. The molecule has 1 aromatic heterocycles. The summed E-state index contributed by atoms with van der Waals surface area (Å²) < 4.78 is 7.19. The van der Waals surface area contributed by atoms with Crippen LogP contribution >= 0.6 is 0 Å². The average Bonchev–Trinajstić information content (AvgIpc) is 3.06. The van der Waals surface area contributed by atoms with Crippen LogP contribution in [0.15, 0.2) is 41.7 Å². The van der Waals surface area contributed by atoms with Gasteiger partial charge in [0.15, 0.2) is 5.96 Å². The third kappa shape index (κ3) is 7.42. The van der Waals surface area contributed by atoms with Crippen LogP contribution in [-0.4, -0.2) is 58.4 Å². The van der Waals surface area contributed by atoms with E-state index in [4.69, 9.17) is 4.74 Å². The van der Waals surface area contributed by atoms with Gasteiger partial charge in [-0.25, -0.2) is 4.79 Å². The van der Waals surface area contributed by atoms with Crippen LogP contribution in [0.25, 0.3) is 0 Å². The number of nitrogens with zero attached hydrogens (tertiary/aromatic N) is 5. The van der Waals surface area contributed by atoms with Crippen molar-refractivity contribution < 1.29 is 9.53 Å². The van der Waals surface area contributed by atoms with Gasteiger partial charge in [0.1, 0.15) is 5.60 Å². The Balaban J connectivity index is 1.86. The highest BCUT2D eigenvalue weighted by Gasteiger charge is 2.19. The van der Waals surface area contributed by atoms with Gasteiger partial charge in [-0.3, -0.25) is 9.67 Å². The van der Waals surface area contributed by atoms with E-state index in [1.54, 1.807) is 23.7 Å². The fourth-order valence-electron chi connectivity index (χ4n) is 2.91. The van der Waals surface area contributed by atoms with Crippen molar-refractivity contribution in [3.05, 3.63) is 53.3 Å². The molecule has 0 spiro atoms. The topological polar surface area (TPSA) is 75.0 Å². The van der Waals surface area contributed by atoms with Gasteiger partial charge < -0.3 is 19.9 Å². The van der Waals surface area contributed by atoms with Crippen LogP contribution in [0.3, 0.4) is 0 Å². The highest BCUT2D eigenvalue weighted by Crippen LogP contribution is 2.12. The molecular weight excluding hydrogens is 380 g/mol. The Labute approximate surface area is 179 Å². The molecule has 30 heavy (non-hydrogen) atoms. The van der Waals surface area contributed by atoms with Gasteiger partial charge in [-0.2, -0.15) is 5.10 Å². The molecule has 0 aliphatic heterocycles. The number of guanidine groups is 1. The van der Waals surface area contributed by atoms with E-state index in [9.17, 15) is 4.79 Å². The number of aryl methyl sites for hydroxylation is 1. The predicted molar refractivity (Wildman–Crippen MR) is 119 cm³/mol. The lowest BCUT2D eigenvalue weighted by Gasteiger charge is -2.24. The lowest BCUT2D eigenvalue weighted by Crippen LogP contribution is -2.38. The molecule has 1 aromatic carbocycles. The molecule has 0 bridgehead atoms. The monoisotopic (exact) mass is 414 g/mol. The Hall–Kier alpha value is -3.03. The summed E-state index contributed by atoms with van der Waals surface area (Å²) in [5.74, 6) is 0.813. The second kappa shape index (κ2) is 10.1. The van der Waals surface area contributed by atoms with Crippen molar-refractivity contribution in [3.8, 4) is 0 Å². The molecule has 0 aliphatic rings. The Morgan fingerprint density at radius 2 is 1.70 bits per heavy atom. The van der Waals surface area contributed by atoms with Gasteiger partial charge in [-0.1, -0.05) is 24.3 Å². The highest BCUT2D eigenvalue weighted by atomic mass is 16.6. The number of aliphatic imine (C=N–C) groups is 1. The number of carbonyl (C=O) groups excluding carboxylic acids is 1. The molecule has 1 heterocycles. The smallest absolute Gasteiger partial charge is 0.410 e. The fourth-order valence-corrected chi connectivity index (χ4v) is 2.91. The average molecular weight is 415 g/mol. The number of hydrogen-bond donors (Lipinski definition) is 1. The summed E-state index contributed by atoms with van der Waals surface area (Å²) in [4.78, 5) is 20.1. The van der Waals surface area contributed by atoms with Crippen LogP contribution in [0.5, 0.6) is 0 Å². The molecule has 0 fully saturated rings. The first-order valence-corrected chi connectivity index (χ1v) is 9.98. The fraction of sp³-hybridized carbons (Fsp3) is 0.500. The number of aromatic nitrogens is 2. The van der Waals surface area contributed by atoms with Crippen molar-refractivity contribution in [2.75, 3.05) is 21.1 Å². The van der Waals surface area contributed by atoms with Gasteiger partial charge >= 0.3 is 6.09 Å². The zero-order valence-electron chi connectivity index (χ0n) is 19.1. The van der Waals surface area contributed by atoms with Crippen molar-refractivity contribution in [1.82, 2.24) is 24.9 Å². The Bertz CT molecular complexity index is 851. The van der Waals surface area contributed by atoms with Crippen molar-refractivity contribution >= 4 is 12.1 Å². The van der Waals surface area contributed by atoms with E-state index in [0.717, 1.165) is 29.2 Å². The van der Waals surface area contributed by atoms with Gasteiger partial charge in [-0.05, 0) is 31.9 Å². The number of nitrogens with one attached hydrogen (secondary N) is 1. The van der Waals surface area contributed by atoms with Crippen LogP contribution < -0.4 is 5.32 Å². The van der Waals surface area contributed by atoms with E-state index in [1.807, 2.05) is 59.4 Å². The number of amides is 1. The van der Waals surface area contributed by atoms with Gasteiger partial charge in [0.2, 0.25) is 0 Å². The lowest BCUT2D eigenvalue weighted by atomic mass is 10.1. The third-order valence-electron chi connectivity index (χ3n) is 4.35. The number of rotatable bonds is 6. The molecule has 0 saturated heterocycles. The Morgan fingerprint density at radius 3 is 2.23 bits per heavy atom. The maximum atomic E-state index is 12.1. The quantitative estimate of drug-likeness (QED) is 0.581. The van der Waals surface area contributed by atoms with Crippen molar-refractivity contribution in [3.63, 3.8) is 0 Å². The van der Waals surface area contributed by atoms with Crippen LogP contribution in [0.1, 0.15) is 37.5 Å². The van der Waals surface area contributed by atoms with Gasteiger partial charge in [-0.15, -0.1) is 0 Å². The van der Waals surface area contributed by atoms with Crippen LogP contribution in [0, 0.1) is 0 Å². The molecular formula is C22H34N6O2. The lowest BCUT2D eigenvalue weighted by molar-refractivity contribution is 0.0285. The molecule has 2 aromatic rings. The molecule has 1 N–H and O–H groups in total. The molecule has 0 saturated carbocycles. The van der Waals surface area contributed by atoms with E-state index >= 15 is 0 Å². The first-order chi connectivity index (χ1) is 14.1. The summed E-state index contributed by atoms with van der Waals surface area (Å²) in [6.07, 6.45) is 3.53. The standard InChI is InChI=1S/C22H34N6O2/c1-22(2,3)30-21(29)27(6)14-18-10-8-17(9-11-18)12-24-20(23-4)26(5)15-19-13-25-28(7)16-19/h8-11,13,16H,12,14-15H2,1-7H3,(H,23,24). The summed E-state index contributed by atoms with van der Waals surface area (Å²) in [7, 11) is 7.42. The first-order valence-electron chi connectivity index (χ1n) is 9.98. The molecule has 164 valence electrons. The molecule has 0 unspecified atom stereocenters. The van der Waals surface area contributed by atoms with Crippen LogP contribution in [0.4, 0.5) is 4.79 Å². The van der Waals surface area contributed by atoms with E-state index in [1.165, 1.54) is 0 Å². The Kier molecular flexibility index (Phi) is 7.86. The van der Waals surface area contributed by atoms with Crippen molar-refractivity contribution in [2.24, 2.45) is 12.0 Å². The summed E-state index contributed by atoms with van der Waals surface area (Å²) in [5, 5.41) is 7.58. The minimum absolute atomic E-state index is 0.325. The van der Waals surface area contributed by atoms with E-state index in [-0.39, 0.29) is 6.09 Å². The number of benzene rings is 1. The number of carbonyl (C=O) groups is 1. The number of ether oxygens (including phenoxy) is 1. The molecule has 8 nitrogen and oxygen atoms in total. The highest BCUT2D eigenvalue weighted by molar-refractivity contribution is 5.79. The molecule has 8 heteroatoms. The van der Waals surface area contributed by atoms with Crippen molar-refractivity contribution in [1.29, 1.82) is 0 Å². The summed E-state index contributed by atoms with van der Waals surface area (Å²) in [6, 6.07) is 8.17. The zero-order chi connectivity index (χ0) is 22.3. The second-order valence-corrected chi connectivity index (χ2v) is 8.43. The minimum Gasteiger partial charge on any atom is -0.444 e. The van der Waals surface area contributed by atoms with E-state index in [2.05, 4.69) is 32.4 Å². The maximum absolute atomic E-state index is 12.1. The minimum atomic E-state index is -0.496.